The highest BCUT2D eigenvalue weighted by Crippen LogP contribution is 2.28. The van der Waals surface area contributed by atoms with Gasteiger partial charge in [-0.3, -0.25) is 9.69 Å². The number of rotatable bonds is 6. The molecule has 4 heteroatoms. The number of nitrogens with zero attached hydrogens (tertiary/aromatic N) is 1. The van der Waals surface area contributed by atoms with E-state index >= 15 is 0 Å². The van der Waals surface area contributed by atoms with E-state index in [1.807, 2.05) is 13.8 Å². The lowest BCUT2D eigenvalue weighted by Crippen LogP contribution is -2.45. The number of hydrogen-bond acceptors (Lipinski definition) is 4. The van der Waals surface area contributed by atoms with E-state index < -0.39 is 0 Å². The largest absolute Gasteiger partial charge is 0.462 e. The number of piperidine rings is 1. The highest BCUT2D eigenvalue weighted by molar-refractivity contribution is 5.71. The fourth-order valence-corrected chi connectivity index (χ4v) is 2.43. The van der Waals surface area contributed by atoms with E-state index in [4.69, 9.17) is 4.74 Å². The molecule has 1 saturated heterocycles. The van der Waals surface area contributed by atoms with E-state index in [0.717, 1.165) is 31.8 Å². The van der Waals surface area contributed by atoms with Gasteiger partial charge in [0.1, 0.15) is 0 Å². The SMILES string of the molecule is CC(C)OC(=O)CN1CCC(NCC2CC2)CC1. The summed E-state index contributed by atoms with van der Waals surface area (Å²) >= 11 is 0. The molecule has 0 aromatic heterocycles. The van der Waals surface area contributed by atoms with Gasteiger partial charge in [0.15, 0.2) is 0 Å². The van der Waals surface area contributed by atoms with Gasteiger partial charge in [0.2, 0.25) is 0 Å². The van der Waals surface area contributed by atoms with Crippen LogP contribution in [0.25, 0.3) is 0 Å². The quantitative estimate of drug-likeness (QED) is 0.728. The van der Waals surface area contributed by atoms with Crippen LogP contribution in [0.15, 0.2) is 0 Å². The average Bonchev–Trinajstić information content (AvgIpc) is 3.11. The summed E-state index contributed by atoms with van der Waals surface area (Å²) in [6.45, 7) is 7.45. The van der Waals surface area contributed by atoms with E-state index in [1.54, 1.807) is 0 Å². The van der Waals surface area contributed by atoms with E-state index in [9.17, 15) is 4.79 Å². The first-order valence-corrected chi connectivity index (χ1v) is 7.28. The predicted molar refractivity (Wildman–Crippen MR) is 71.4 cm³/mol. The second-order valence-corrected chi connectivity index (χ2v) is 5.94. The molecule has 104 valence electrons. The molecule has 1 heterocycles. The molecule has 0 spiro atoms. The fourth-order valence-electron chi connectivity index (χ4n) is 2.43. The summed E-state index contributed by atoms with van der Waals surface area (Å²) in [5.41, 5.74) is 0. The van der Waals surface area contributed by atoms with Crippen molar-refractivity contribution in [2.24, 2.45) is 5.92 Å². The van der Waals surface area contributed by atoms with Gasteiger partial charge in [-0.1, -0.05) is 0 Å². The Morgan fingerprint density at radius 2 is 1.94 bits per heavy atom. The molecule has 18 heavy (non-hydrogen) atoms. The zero-order chi connectivity index (χ0) is 13.0. The van der Waals surface area contributed by atoms with Gasteiger partial charge in [-0.05, 0) is 52.0 Å². The van der Waals surface area contributed by atoms with Crippen molar-refractivity contribution in [3.05, 3.63) is 0 Å². The van der Waals surface area contributed by atoms with Gasteiger partial charge in [-0.2, -0.15) is 0 Å². The topological polar surface area (TPSA) is 41.6 Å². The van der Waals surface area contributed by atoms with Crippen LogP contribution in [0.1, 0.15) is 39.5 Å². The van der Waals surface area contributed by atoms with Crippen molar-refractivity contribution in [1.82, 2.24) is 10.2 Å². The number of likely N-dealkylation sites (tertiary alicyclic amines) is 1. The molecular formula is C14H26N2O2. The molecule has 2 aliphatic rings. The van der Waals surface area contributed by atoms with Crippen molar-refractivity contribution in [3.63, 3.8) is 0 Å². The Hall–Kier alpha value is -0.610. The Morgan fingerprint density at radius 3 is 2.50 bits per heavy atom. The molecule has 0 atom stereocenters. The van der Waals surface area contributed by atoms with Gasteiger partial charge in [0, 0.05) is 19.1 Å². The number of esters is 1. The van der Waals surface area contributed by atoms with Crippen molar-refractivity contribution in [1.29, 1.82) is 0 Å². The van der Waals surface area contributed by atoms with Crippen LogP contribution in [-0.2, 0) is 9.53 Å². The molecular weight excluding hydrogens is 228 g/mol. The Bertz CT molecular complexity index is 269. The Kier molecular flexibility index (Phi) is 5.01. The highest BCUT2D eigenvalue weighted by atomic mass is 16.5. The second-order valence-electron chi connectivity index (χ2n) is 5.94. The molecule has 0 amide bonds. The summed E-state index contributed by atoms with van der Waals surface area (Å²) in [7, 11) is 0. The zero-order valence-corrected chi connectivity index (χ0v) is 11.7. The zero-order valence-electron chi connectivity index (χ0n) is 11.7. The second kappa shape index (κ2) is 6.53. The first-order chi connectivity index (χ1) is 8.63. The molecule has 2 fully saturated rings. The van der Waals surface area contributed by atoms with Crippen molar-refractivity contribution in [2.45, 2.75) is 51.7 Å². The first kappa shape index (κ1) is 13.8. The maximum absolute atomic E-state index is 11.5. The maximum Gasteiger partial charge on any atom is 0.320 e. The Balaban J connectivity index is 1.58. The third-order valence-corrected chi connectivity index (χ3v) is 3.70. The first-order valence-electron chi connectivity index (χ1n) is 7.28. The van der Waals surface area contributed by atoms with E-state index in [0.29, 0.717) is 12.6 Å². The van der Waals surface area contributed by atoms with Crippen LogP contribution >= 0.6 is 0 Å². The summed E-state index contributed by atoms with van der Waals surface area (Å²) in [5.74, 6) is 0.860. The molecule has 0 aromatic carbocycles. The predicted octanol–water partition coefficient (Wildman–Crippen LogP) is 1.40. The van der Waals surface area contributed by atoms with Crippen molar-refractivity contribution >= 4 is 5.97 Å². The van der Waals surface area contributed by atoms with Crippen LogP contribution in [0.4, 0.5) is 0 Å². The maximum atomic E-state index is 11.5. The summed E-state index contributed by atoms with van der Waals surface area (Å²) < 4.78 is 5.17. The standard InChI is InChI=1S/C14H26N2O2/c1-11(2)18-14(17)10-16-7-5-13(6-8-16)15-9-12-3-4-12/h11-13,15H,3-10H2,1-2H3. The van der Waals surface area contributed by atoms with E-state index in [-0.39, 0.29) is 12.1 Å². The van der Waals surface area contributed by atoms with Crippen molar-refractivity contribution in [3.8, 4) is 0 Å². The minimum absolute atomic E-state index is 0.00440. The molecule has 1 aliphatic carbocycles. The van der Waals surface area contributed by atoms with Gasteiger partial charge >= 0.3 is 5.97 Å². The normalized spacial score (nSPS) is 22.4. The monoisotopic (exact) mass is 254 g/mol. The van der Waals surface area contributed by atoms with Gasteiger partial charge in [-0.25, -0.2) is 0 Å². The number of hydrogen-bond donors (Lipinski definition) is 1. The van der Waals surface area contributed by atoms with Gasteiger partial charge in [0.05, 0.1) is 12.6 Å². The number of ether oxygens (including phenoxy) is 1. The minimum Gasteiger partial charge on any atom is -0.462 e. The van der Waals surface area contributed by atoms with Gasteiger partial charge in [0.25, 0.3) is 0 Å². The molecule has 0 radical (unpaired) electrons. The highest BCUT2D eigenvalue weighted by Gasteiger charge is 2.25. The lowest BCUT2D eigenvalue weighted by molar-refractivity contribution is -0.149. The van der Waals surface area contributed by atoms with Crippen LogP contribution in [0.3, 0.4) is 0 Å². The molecule has 0 bridgehead atoms. The lowest BCUT2D eigenvalue weighted by atomic mass is 10.0. The molecule has 1 aliphatic heterocycles. The number of carbonyl (C=O) groups excluding carboxylic acids is 1. The molecule has 1 saturated carbocycles. The summed E-state index contributed by atoms with van der Waals surface area (Å²) in [6, 6.07) is 0.656. The number of carbonyl (C=O) groups is 1. The lowest BCUT2D eigenvalue weighted by Gasteiger charge is -2.31. The third kappa shape index (κ3) is 4.94. The van der Waals surface area contributed by atoms with Crippen LogP contribution in [-0.4, -0.2) is 49.2 Å². The minimum atomic E-state index is -0.0885. The van der Waals surface area contributed by atoms with Crippen molar-refractivity contribution < 1.29 is 9.53 Å². The van der Waals surface area contributed by atoms with Crippen molar-refractivity contribution in [2.75, 3.05) is 26.2 Å². The molecule has 2 rings (SSSR count). The summed E-state index contributed by atoms with van der Waals surface area (Å²) in [5, 5.41) is 3.65. The molecule has 1 N–H and O–H groups in total. The third-order valence-electron chi connectivity index (χ3n) is 3.70. The molecule has 0 aromatic rings. The summed E-state index contributed by atoms with van der Waals surface area (Å²) in [6.07, 6.45) is 5.12. The van der Waals surface area contributed by atoms with Crippen LogP contribution < -0.4 is 5.32 Å². The average molecular weight is 254 g/mol. The van der Waals surface area contributed by atoms with Gasteiger partial charge in [-0.15, -0.1) is 0 Å². The van der Waals surface area contributed by atoms with Crippen LogP contribution in [0, 0.1) is 5.92 Å². The number of nitrogens with one attached hydrogen (secondary N) is 1. The Labute approximate surface area is 110 Å². The van der Waals surface area contributed by atoms with Crippen LogP contribution in [0.5, 0.6) is 0 Å². The van der Waals surface area contributed by atoms with E-state index in [2.05, 4.69) is 10.2 Å². The smallest absolute Gasteiger partial charge is 0.320 e. The molecule has 0 unspecified atom stereocenters. The molecule has 4 nitrogen and oxygen atoms in total. The fraction of sp³-hybridized carbons (Fsp3) is 0.929. The van der Waals surface area contributed by atoms with Gasteiger partial charge < -0.3 is 10.1 Å². The Morgan fingerprint density at radius 1 is 1.28 bits per heavy atom. The van der Waals surface area contributed by atoms with E-state index in [1.165, 1.54) is 19.4 Å². The summed E-state index contributed by atoms with van der Waals surface area (Å²) in [4.78, 5) is 13.8. The van der Waals surface area contributed by atoms with Crippen LogP contribution in [0.2, 0.25) is 0 Å².